The summed E-state index contributed by atoms with van der Waals surface area (Å²) in [4.78, 5) is 17.0. The van der Waals surface area contributed by atoms with Crippen molar-refractivity contribution in [2.45, 2.75) is 11.7 Å². The first-order valence-corrected chi connectivity index (χ1v) is 12.1. The number of rotatable bonds is 8. The van der Waals surface area contributed by atoms with Gasteiger partial charge in [0, 0.05) is 28.1 Å². The van der Waals surface area contributed by atoms with Crippen LogP contribution in [-0.4, -0.2) is 31.4 Å². The molecule has 2 aromatic carbocycles. The van der Waals surface area contributed by atoms with Crippen molar-refractivity contribution < 1.29 is 4.79 Å². The van der Waals surface area contributed by atoms with Crippen LogP contribution in [0.5, 0.6) is 0 Å². The molecule has 2 aromatic heterocycles. The number of hydrogen-bond acceptors (Lipinski definition) is 6. The number of halogens is 2. The quantitative estimate of drug-likeness (QED) is 0.226. The van der Waals surface area contributed by atoms with E-state index in [-0.39, 0.29) is 11.7 Å². The lowest BCUT2D eigenvalue weighted by molar-refractivity contribution is -0.113. The second-order valence-corrected chi connectivity index (χ2v) is 9.21. The molecule has 32 heavy (non-hydrogen) atoms. The van der Waals surface area contributed by atoms with Gasteiger partial charge in [-0.2, -0.15) is 0 Å². The lowest BCUT2D eigenvalue weighted by atomic mass is 10.2. The Morgan fingerprint density at radius 3 is 2.69 bits per heavy atom. The molecule has 10 heteroatoms. The fourth-order valence-corrected chi connectivity index (χ4v) is 4.73. The lowest BCUT2D eigenvalue weighted by Gasteiger charge is -2.08. The van der Waals surface area contributed by atoms with Gasteiger partial charge in [-0.25, -0.2) is 4.98 Å². The monoisotopic (exact) mass is 501 g/mol. The summed E-state index contributed by atoms with van der Waals surface area (Å²) in [7, 11) is 0. The summed E-state index contributed by atoms with van der Waals surface area (Å²) >= 11 is 14.9. The molecule has 0 saturated carbocycles. The first kappa shape index (κ1) is 22.5. The molecule has 0 bridgehead atoms. The molecule has 0 aliphatic rings. The van der Waals surface area contributed by atoms with Gasteiger partial charge in [0.2, 0.25) is 5.91 Å². The van der Waals surface area contributed by atoms with Gasteiger partial charge in [-0.3, -0.25) is 9.36 Å². The molecule has 0 aliphatic heterocycles. The third-order valence-corrected chi connectivity index (χ3v) is 6.67. The Hall–Kier alpha value is -2.65. The van der Waals surface area contributed by atoms with E-state index in [9.17, 15) is 4.79 Å². The van der Waals surface area contributed by atoms with Gasteiger partial charge in [-0.05, 0) is 24.3 Å². The molecule has 0 saturated heterocycles. The average Bonchev–Trinajstić information content (AvgIpc) is 3.41. The molecule has 0 atom stereocenters. The van der Waals surface area contributed by atoms with Crippen molar-refractivity contribution in [2.24, 2.45) is 0 Å². The maximum absolute atomic E-state index is 12.5. The Labute approximate surface area is 203 Å². The van der Waals surface area contributed by atoms with E-state index in [0.717, 1.165) is 16.8 Å². The van der Waals surface area contributed by atoms with E-state index in [1.165, 1.54) is 23.1 Å². The van der Waals surface area contributed by atoms with Crippen LogP contribution in [0.4, 0.5) is 5.13 Å². The van der Waals surface area contributed by atoms with E-state index in [1.807, 2.05) is 40.3 Å². The minimum absolute atomic E-state index is 0.160. The number of allylic oxidation sites excluding steroid dienone is 1. The summed E-state index contributed by atoms with van der Waals surface area (Å²) in [5.41, 5.74) is 2.49. The summed E-state index contributed by atoms with van der Waals surface area (Å²) in [6.45, 7) is 4.30. The van der Waals surface area contributed by atoms with Crippen molar-refractivity contribution >= 4 is 57.3 Å². The predicted molar refractivity (Wildman–Crippen MR) is 133 cm³/mol. The van der Waals surface area contributed by atoms with Crippen molar-refractivity contribution in [1.82, 2.24) is 19.7 Å². The fraction of sp³-hybridized carbons (Fsp3) is 0.0909. The van der Waals surface area contributed by atoms with Crippen LogP contribution in [0.25, 0.3) is 22.6 Å². The van der Waals surface area contributed by atoms with Crippen molar-refractivity contribution in [3.63, 3.8) is 0 Å². The number of benzene rings is 2. The van der Waals surface area contributed by atoms with Gasteiger partial charge in [0.25, 0.3) is 0 Å². The molecular formula is C22H17Cl2N5OS2. The number of nitrogens with one attached hydrogen (secondary N) is 1. The molecule has 0 radical (unpaired) electrons. The maximum Gasteiger partial charge on any atom is 0.236 e. The van der Waals surface area contributed by atoms with Crippen molar-refractivity contribution in [3.8, 4) is 22.6 Å². The van der Waals surface area contributed by atoms with Crippen LogP contribution in [0.1, 0.15) is 0 Å². The van der Waals surface area contributed by atoms with E-state index >= 15 is 0 Å². The van der Waals surface area contributed by atoms with Crippen molar-refractivity contribution in [3.05, 3.63) is 76.6 Å². The number of hydrogen-bond donors (Lipinski definition) is 1. The van der Waals surface area contributed by atoms with Gasteiger partial charge < -0.3 is 5.32 Å². The molecule has 1 N–H and O–H groups in total. The van der Waals surface area contributed by atoms with Gasteiger partial charge >= 0.3 is 0 Å². The van der Waals surface area contributed by atoms with Gasteiger partial charge in [0.1, 0.15) is 0 Å². The largest absolute Gasteiger partial charge is 0.301 e. The topological polar surface area (TPSA) is 72.7 Å². The van der Waals surface area contributed by atoms with E-state index in [2.05, 4.69) is 27.1 Å². The van der Waals surface area contributed by atoms with Crippen LogP contribution >= 0.6 is 46.3 Å². The second-order valence-electron chi connectivity index (χ2n) is 6.57. The Bertz CT molecular complexity index is 1250. The highest BCUT2D eigenvalue weighted by Crippen LogP contribution is 2.30. The summed E-state index contributed by atoms with van der Waals surface area (Å²) in [5.74, 6) is 0.610. The Kier molecular flexibility index (Phi) is 7.26. The van der Waals surface area contributed by atoms with Gasteiger partial charge in [0.15, 0.2) is 16.1 Å². The highest BCUT2D eigenvalue weighted by atomic mass is 35.5. The van der Waals surface area contributed by atoms with Gasteiger partial charge in [-0.1, -0.05) is 65.3 Å². The standard InChI is InChI=1S/C22H17Cl2N5OS2/c1-2-11-29-20(16-5-3-4-6-17(16)24)27-28-22(29)32-13-19(30)26-21-25-18(12-31-21)14-7-9-15(23)10-8-14/h2-10,12H,1,11,13H2,(H,25,26,30). The number of thioether (sulfide) groups is 1. The fourth-order valence-electron chi connectivity index (χ4n) is 2.90. The summed E-state index contributed by atoms with van der Waals surface area (Å²) in [6, 6.07) is 14.8. The van der Waals surface area contributed by atoms with Crippen LogP contribution in [-0.2, 0) is 11.3 Å². The van der Waals surface area contributed by atoms with E-state index in [0.29, 0.717) is 32.7 Å². The number of amides is 1. The maximum atomic E-state index is 12.5. The highest BCUT2D eigenvalue weighted by molar-refractivity contribution is 7.99. The molecule has 162 valence electrons. The first-order valence-electron chi connectivity index (χ1n) is 9.48. The number of carbonyl (C=O) groups is 1. The first-order chi connectivity index (χ1) is 15.5. The molecule has 0 aliphatic carbocycles. The minimum atomic E-state index is -0.181. The van der Waals surface area contributed by atoms with Crippen LogP contribution in [0.15, 0.2) is 71.7 Å². The number of aromatic nitrogens is 4. The number of thiazole rings is 1. The van der Waals surface area contributed by atoms with Crippen molar-refractivity contribution in [1.29, 1.82) is 0 Å². The molecule has 0 spiro atoms. The molecular weight excluding hydrogens is 485 g/mol. The predicted octanol–water partition coefficient (Wildman–Crippen LogP) is 6.29. The summed E-state index contributed by atoms with van der Waals surface area (Å²) in [6.07, 6.45) is 1.75. The van der Waals surface area contributed by atoms with Crippen LogP contribution in [0, 0.1) is 0 Å². The summed E-state index contributed by atoms with van der Waals surface area (Å²) in [5, 5.41) is 15.6. The minimum Gasteiger partial charge on any atom is -0.301 e. The van der Waals surface area contributed by atoms with E-state index in [1.54, 1.807) is 24.3 Å². The summed E-state index contributed by atoms with van der Waals surface area (Å²) < 4.78 is 1.88. The average molecular weight is 502 g/mol. The van der Waals surface area contributed by atoms with Crippen molar-refractivity contribution in [2.75, 3.05) is 11.1 Å². The smallest absolute Gasteiger partial charge is 0.236 e. The normalized spacial score (nSPS) is 10.8. The third kappa shape index (κ3) is 5.21. The zero-order valence-corrected chi connectivity index (χ0v) is 19.8. The number of nitrogens with zero attached hydrogens (tertiary/aromatic N) is 4. The van der Waals surface area contributed by atoms with E-state index in [4.69, 9.17) is 23.2 Å². The van der Waals surface area contributed by atoms with Crippen LogP contribution in [0.3, 0.4) is 0 Å². The lowest BCUT2D eigenvalue weighted by Crippen LogP contribution is -2.14. The SMILES string of the molecule is C=CCn1c(SCC(=O)Nc2nc(-c3ccc(Cl)cc3)cs2)nnc1-c1ccccc1Cl. The third-order valence-electron chi connectivity index (χ3n) is 4.37. The zero-order chi connectivity index (χ0) is 22.5. The van der Waals surface area contributed by atoms with Crippen LogP contribution in [0.2, 0.25) is 10.0 Å². The molecule has 6 nitrogen and oxygen atoms in total. The van der Waals surface area contributed by atoms with Crippen LogP contribution < -0.4 is 5.32 Å². The molecule has 0 fully saturated rings. The molecule has 0 unspecified atom stereocenters. The molecule has 2 heterocycles. The van der Waals surface area contributed by atoms with Gasteiger partial charge in [0.05, 0.1) is 16.5 Å². The second kappa shape index (κ2) is 10.3. The Balaban J connectivity index is 1.43. The number of carbonyl (C=O) groups excluding carboxylic acids is 1. The Morgan fingerprint density at radius 2 is 1.94 bits per heavy atom. The zero-order valence-electron chi connectivity index (χ0n) is 16.7. The highest BCUT2D eigenvalue weighted by Gasteiger charge is 2.17. The molecule has 4 rings (SSSR count). The molecule has 4 aromatic rings. The van der Waals surface area contributed by atoms with E-state index < -0.39 is 0 Å². The Morgan fingerprint density at radius 1 is 1.16 bits per heavy atom. The molecule has 1 amide bonds. The number of anilines is 1. The van der Waals surface area contributed by atoms with Gasteiger partial charge in [-0.15, -0.1) is 28.1 Å².